The summed E-state index contributed by atoms with van der Waals surface area (Å²) >= 11 is 12.1. The van der Waals surface area contributed by atoms with Crippen molar-refractivity contribution in [1.29, 1.82) is 0 Å². The SMILES string of the molecule is CC.Cc1cc(C)cc(C(=O)N(C)CC(CCO)c2ccc(Cl)c(Cl)c2)c1. The Balaban J connectivity index is 0.00000176. The number of benzene rings is 2. The first-order valence-corrected chi connectivity index (χ1v) is 9.97. The minimum Gasteiger partial charge on any atom is -0.396 e. The zero-order chi connectivity index (χ0) is 20.6. The molecular weight excluding hydrogens is 381 g/mol. The number of halogens is 2. The lowest BCUT2D eigenvalue weighted by Gasteiger charge is -2.25. The van der Waals surface area contributed by atoms with Crippen molar-refractivity contribution >= 4 is 29.1 Å². The standard InChI is InChI=1S/C20H23Cl2NO2.C2H6/c1-13-8-14(2)10-17(9-13)20(25)23(3)12-16(6-7-24)15-4-5-18(21)19(22)11-15;1-2/h4-5,8-11,16,24H,6-7,12H2,1-3H3;1-2H3. The Bertz CT molecular complexity index is 742. The van der Waals surface area contributed by atoms with Crippen LogP contribution in [0.25, 0.3) is 0 Å². The van der Waals surface area contributed by atoms with Crippen LogP contribution in [0.4, 0.5) is 0 Å². The molecule has 1 N–H and O–H groups in total. The first-order valence-electron chi connectivity index (χ1n) is 9.21. The summed E-state index contributed by atoms with van der Waals surface area (Å²) in [6, 6.07) is 11.3. The van der Waals surface area contributed by atoms with Gasteiger partial charge in [0.2, 0.25) is 0 Å². The third-order valence-electron chi connectivity index (χ3n) is 4.20. The van der Waals surface area contributed by atoms with Crippen molar-refractivity contribution in [1.82, 2.24) is 4.90 Å². The highest BCUT2D eigenvalue weighted by Crippen LogP contribution is 2.28. The van der Waals surface area contributed by atoms with Crippen molar-refractivity contribution in [2.75, 3.05) is 20.2 Å². The van der Waals surface area contributed by atoms with Crippen LogP contribution in [-0.2, 0) is 0 Å². The van der Waals surface area contributed by atoms with Crippen LogP contribution in [0.15, 0.2) is 36.4 Å². The lowest BCUT2D eigenvalue weighted by molar-refractivity contribution is 0.0781. The molecule has 1 unspecified atom stereocenters. The number of carbonyl (C=O) groups is 1. The Labute approximate surface area is 172 Å². The number of hydrogen-bond acceptors (Lipinski definition) is 2. The molecule has 0 bridgehead atoms. The molecule has 2 aromatic carbocycles. The molecule has 148 valence electrons. The van der Waals surface area contributed by atoms with E-state index in [1.165, 1.54) is 0 Å². The van der Waals surface area contributed by atoms with Gasteiger partial charge in [0.15, 0.2) is 0 Å². The first kappa shape index (κ1) is 23.5. The largest absolute Gasteiger partial charge is 0.396 e. The Morgan fingerprint density at radius 1 is 1.04 bits per heavy atom. The van der Waals surface area contributed by atoms with Gasteiger partial charge in [0, 0.05) is 31.7 Å². The molecule has 0 aliphatic heterocycles. The van der Waals surface area contributed by atoms with Crippen LogP contribution in [0.5, 0.6) is 0 Å². The van der Waals surface area contributed by atoms with Gasteiger partial charge in [0.05, 0.1) is 10.0 Å². The van der Waals surface area contributed by atoms with Crippen LogP contribution in [0, 0.1) is 13.8 Å². The maximum atomic E-state index is 12.8. The predicted molar refractivity (Wildman–Crippen MR) is 115 cm³/mol. The fraction of sp³-hybridized carbons (Fsp3) is 0.409. The smallest absolute Gasteiger partial charge is 0.253 e. The van der Waals surface area contributed by atoms with E-state index in [2.05, 4.69) is 0 Å². The molecule has 0 aromatic heterocycles. The van der Waals surface area contributed by atoms with Crippen LogP contribution in [0.2, 0.25) is 10.0 Å². The van der Waals surface area contributed by atoms with Gasteiger partial charge in [-0.25, -0.2) is 0 Å². The molecule has 1 atom stereocenters. The molecule has 2 aromatic rings. The molecule has 0 saturated heterocycles. The summed E-state index contributed by atoms with van der Waals surface area (Å²) in [7, 11) is 1.78. The molecule has 3 nitrogen and oxygen atoms in total. The lowest BCUT2D eigenvalue weighted by Crippen LogP contribution is -2.31. The maximum Gasteiger partial charge on any atom is 0.253 e. The van der Waals surface area contributed by atoms with Gasteiger partial charge in [-0.1, -0.05) is 60.3 Å². The molecule has 0 aliphatic carbocycles. The van der Waals surface area contributed by atoms with Crippen molar-refractivity contribution in [2.45, 2.75) is 40.0 Å². The average molecular weight is 410 g/mol. The fourth-order valence-corrected chi connectivity index (χ4v) is 3.32. The lowest BCUT2D eigenvalue weighted by atomic mass is 9.95. The number of aryl methyl sites for hydroxylation is 2. The summed E-state index contributed by atoms with van der Waals surface area (Å²) in [5.41, 5.74) is 3.77. The van der Waals surface area contributed by atoms with Crippen molar-refractivity contribution in [3.63, 3.8) is 0 Å². The fourth-order valence-electron chi connectivity index (χ4n) is 3.02. The van der Waals surface area contributed by atoms with E-state index in [4.69, 9.17) is 23.2 Å². The average Bonchev–Trinajstić information content (AvgIpc) is 2.63. The summed E-state index contributed by atoms with van der Waals surface area (Å²) in [6.07, 6.45) is 0.544. The third-order valence-corrected chi connectivity index (χ3v) is 4.94. The van der Waals surface area contributed by atoms with E-state index in [0.29, 0.717) is 28.6 Å². The van der Waals surface area contributed by atoms with Gasteiger partial charge in [-0.2, -0.15) is 0 Å². The van der Waals surface area contributed by atoms with Gasteiger partial charge >= 0.3 is 0 Å². The predicted octanol–water partition coefficient (Wildman–Crippen LogP) is 5.87. The Morgan fingerprint density at radius 3 is 2.15 bits per heavy atom. The number of aliphatic hydroxyl groups excluding tert-OH is 1. The minimum absolute atomic E-state index is 0.0142. The highest BCUT2D eigenvalue weighted by molar-refractivity contribution is 6.42. The van der Waals surface area contributed by atoms with Crippen molar-refractivity contribution < 1.29 is 9.90 Å². The Hall–Kier alpha value is -1.55. The Kier molecular flexibility index (Phi) is 9.86. The quantitative estimate of drug-likeness (QED) is 0.647. The summed E-state index contributed by atoms with van der Waals surface area (Å²) in [4.78, 5) is 14.4. The van der Waals surface area contributed by atoms with Gasteiger partial charge in [0.1, 0.15) is 0 Å². The second-order valence-electron chi connectivity index (χ2n) is 6.44. The van der Waals surface area contributed by atoms with Crippen LogP contribution >= 0.6 is 23.2 Å². The number of rotatable bonds is 6. The molecule has 1 amide bonds. The third kappa shape index (κ3) is 6.84. The van der Waals surface area contributed by atoms with Gasteiger partial charge in [-0.3, -0.25) is 4.79 Å². The minimum atomic E-state index is -0.0326. The highest BCUT2D eigenvalue weighted by Gasteiger charge is 2.19. The molecule has 0 spiro atoms. The van der Waals surface area contributed by atoms with Gasteiger partial charge in [0.25, 0.3) is 5.91 Å². The topological polar surface area (TPSA) is 40.5 Å². The molecule has 0 saturated carbocycles. The van der Waals surface area contributed by atoms with Crippen LogP contribution in [-0.4, -0.2) is 36.1 Å². The van der Waals surface area contributed by atoms with Gasteiger partial charge in [-0.15, -0.1) is 0 Å². The normalized spacial score (nSPS) is 11.4. The van der Waals surface area contributed by atoms with E-state index in [-0.39, 0.29) is 18.4 Å². The van der Waals surface area contributed by atoms with E-state index in [1.807, 2.05) is 52.0 Å². The second kappa shape index (κ2) is 11.3. The van der Waals surface area contributed by atoms with E-state index < -0.39 is 0 Å². The molecule has 0 heterocycles. The van der Waals surface area contributed by atoms with Crippen LogP contribution < -0.4 is 0 Å². The van der Waals surface area contributed by atoms with E-state index >= 15 is 0 Å². The summed E-state index contributed by atoms with van der Waals surface area (Å²) < 4.78 is 0. The van der Waals surface area contributed by atoms with Crippen LogP contribution in [0.3, 0.4) is 0 Å². The number of aliphatic hydroxyl groups is 1. The second-order valence-corrected chi connectivity index (χ2v) is 7.26. The van der Waals surface area contributed by atoms with E-state index in [9.17, 15) is 9.90 Å². The number of carbonyl (C=O) groups excluding carboxylic acids is 1. The monoisotopic (exact) mass is 409 g/mol. The molecule has 5 heteroatoms. The zero-order valence-electron chi connectivity index (χ0n) is 16.7. The molecule has 2 rings (SSSR count). The first-order chi connectivity index (χ1) is 12.8. The van der Waals surface area contributed by atoms with E-state index in [0.717, 1.165) is 16.7 Å². The summed E-state index contributed by atoms with van der Waals surface area (Å²) in [5, 5.41) is 10.4. The summed E-state index contributed by atoms with van der Waals surface area (Å²) in [5.74, 6) is -0.0468. The molecule has 0 radical (unpaired) electrons. The molecule has 27 heavy (non-hydrogen) atoms. The number of hydrogen-bond donors (Lipinski definition) is 1. The zero-order valence-corrected chi connectivity index (χ0v) is 18.2. The molecule has 0 aliphatic rings. The summed E-state index contributed by atoms with van der Waals surface area (Å²) in [6.45, 7) is 8.49. The van der Waals surface area contributed by atoms with Gasteiger partial charge in [-0.05, 0) is 50.1 Å². The van der Waals surface area contributed by atoms with Crippen molar-refractivity contribution in [3.05, 3.63) is 68.7 Å². The molecular formula is C22H29Cl2NO2. The molecule has 0 fully saturated rings. The van der Waals surface area contributed by atoms with Crippen molar-refractivity contribution in [2.24, 2.45) is 0 Å². The maximum absolute atomic E-state index is 12.8. The van der Waals surface area contributed by atoms with Crippen LogP contribution in [0.1, 0.15) is 53.2 Å². The highest BCUT2D eigenvalue weighted by atomic mass is 35.5. The number of amides is 1. The van der Waals surface area contributed by atoms with Crippen molar-refractivity contribution in [3.8, 4) is 0 Å². The Morgan fingerprint density at radius 2 is 1.63 bits per heavy atom. The number of likely N-dealkylation sites (N-methyl/N-ethyl adjacent to an activating group) is 1. The number of nitrogens with zero attached hydrogens (tertiary/aromatic N) is 1. The van der Waals surface area contributed by atoms with E-state index in [1.54, 1.807) is 24.1 Å². The van der Waals surface area contributed by atoms with Gasteiger partial charge < -0.3 is 10.0 Å².